The Hall–Kier alpha value is -2.19. The lowest BCUT2D eigenvalue weighted by molar-refractivity contribution is -0.212. The van der Waals surface area contributed by atoms with Gasteiger partial charge in [0, 0.05) is 36.5 Å². The van der Waals surface area contributed by atoms with Crippen molar-refractivity contribution in [1.82, 2.24) is 20.2 Å². The number of aliphatic hydroxyl groups excluding tert-OH is 3. The summed E-state index contributed by atoms with van der Waals surface area (Å²) in [7, 11) is 1.41. The van der Waals surface area contributed by atoms with E-state index < -0.39 is 54.1 Å². The molecule has 0 spiro atoms. The third-order valence-electron chi connectivity index (χ3n) is 6.59. The monoisotopic (exact) mass is 562 g/mol. The Morgan fingerprint density at radius 1 is 1.22 bits per heavy atom. The topological polar surface area (TPSA) is 136 Å². The van der Waals surface area contributed by atoms with Gasteiger partial charge < -0.3 is 29.3 Å². The highest BCUT2D eigenvalue weighted by atomic mass is 35.5. The molecule has 202 valence electrons. The number of benzene rings is 1. The number of ether oxygens (including phenoxy) is 2. The Bertz CT molecular complexity index is 1220. The standard InChI is InChI=1S/C23H26Cl2F2N4O6/c1-23(9-24,10-33)17-6-11(37-29-17)5-15-22(35-2)20(21(34)16(8-32)36-15)31-7-14(28-30-31)12-3-4-13(25)19(27)18(12)26/h3-4,6-7,15-16,20-22,32-34H,5,8-10H2,1-2H3/t15-,16-,20+,21+,22+,23?/m1/s1. The average Bonchev–Trinajstić information content (AvgIpc) is 3.58. The summed E-state index contributed by atoms with van der Waals surface area (Å²) in [6.45, 7) is 0.985. The molecule has 3 heterocycles. The Kier molecular flexibility index (Phi) is 8.48. The first-order valence-electron chi connectivity index (χ1n) is 11.3. The summed E-state index contributed by atoms with van der Waals surface area (Å²) in [4.78, 5) is 0. The van der Waals surface area contributed by atoms with Gasteiger partial charge in [-0.15, -0.1) is 16.7 Å². The van der Waals surface area contributed by atoms with E-state index in [4.69, 9.17) is 37.2 Å². The Morgan fingerprint density at radius 2 is 1.97 bits per heavy atom. The van der Waals surface area contributed by atoms with Gasteiger partial charge in [0.1, 0.15) is 35.8 Å². The molecular formula is C23H26Cl2F2N4O6. The molecule has 1 aliphatic rings. The van der Waals surface area contributed by atoms with Gasteiger partial charge in [-0.2, -0.15) is 0 Å². The minimum atomic E-state index is -1.29. The number of alkyl halides is 1. The van der Waals surface area contributed by atoms with E-state index in [-0.39, 0.29) is 35.2 Å². The van der Waals surface area contributed by atoms with Gasteiger partial charge in [-0.25, -0.2) is 13.5 Å². The van der Waals surface area contributed by atoms with Crippen molar-refractivity contribution in [3.63, 3.8) is 0 Å². The van der Waals surface area contributed by atoms with Gasteiger partial charge in [-0.3, -0.25) is 0 Å². The van der Waals surface area contributed by atoms with Crippen LogP contribution >= 0.6 is 23.2 Å². The van der Waals surface area contributed by atoms with Gasteiger partial charge in [-0.1, -0.05) is 28.9 Å². The number of hydrogen-bond donors (Lipinski definition) is 3. The van der Waals surface area contributed by atoms with Crippen LogP contribution in [0.25, 0.3) is 11.3 Å². The van der Waals surface area contributed by atoms with Crippen LogP contribution in [-0.4, -0.2) is 86.1 Å². The first-order valence-corrected chi connectivity index (χ1v) is 12.2. The van der Waals surface area contributed by atoms with Gasteiger partial charge in [0.05, 0.1) is 36.2 Å². The minimum Gasteiger partial charge on any atom is -0.395 e. The van der Waals surface area contributed by atoms with E-state index in [9.17, 15) is 24.1 Å². The summed E-state index contributed by atoms with van der Waals surface area (Å²) in [5.74, 6) is -1.89. The maximum atomic E-state index is 14.5. The smallest absolute Gasteiger partial charge is 0.178 e. The number of methoxy groups -OCH3 is 1. The first-order chi connectivity index (χ1) is 17.7. The highest BCUT2D eigenvalue weighted by Gasteiger charge is 2.47. The van der Waals surface area contributed by atoms with E-state index in [1.165, 1.54) is 30.1 Å². The van der Waals surface area contributed by atoms with Crippen molar-refractivity contribution in [1.29, 1.82) is 0 Å². The molecule has 4 rings (SSSR count). The summed E-state index contributed by atoms with van der Waals surface area (Å²) >= 11 is 11.6. The molecule has 0 radical (unpaired) electrons. The normalized spacial score (nSPS) is 25.8. The molecule has 0 saturated carbocycles. The fourth-order valence-electron chi connectivity index (χ4n) is 4.28. The van der Waals surface area contributed by atoms with Crippen LogP contribution in [0.2, 0.25) is 5.02 Å². The van der Waals surface area contributed by atoms with Crippen molar-refractivity contribution >= 4 is 23.2 Å². The maximum absolute atomic E-state index is 14.5. The third-order valence-corrected chi connectivity index (χ3v) is 7.47. The van der Waals surface area contributed by atoms with E-state index in [1.807, 2.05) is 0 Å². The molecule has 37 heavy (non-hydrogen) atoms. The highest BCUT2D eigenvalue weighted by Crippen LogP contribution is 2.35. The van der Waals surface area contributed by atoms with Crippen LogP contribution in [0.4, 0.5) is 8.78 Å². The van der Waals surface area contributed by atoms with Crippen molar-refractivity contribution < 1.29 is 38.1 Å². The van der Waals surface area contributed by atoms with Crippen LogP contribution in [0.15, 0.2) is 28.9 Å². The van der Waals surface area contributed by atoms with Crippen molar-refractivity contribution in [3.05, 3.63) is 52.5 Å². The number of hydrogen-bond acceptors (Lipinski definition) is 9. The molecule has 1 unspecified atom stereocenters. The molecule has 0 aliphatic carbocycles. The lowest BCUT2D eigenvalue weighted by Gasteiger charge is -2.43. The van der Waals surface area contributed by atoms with Crippen molar-refractivity contribution in [2.75, 3.05) is 26.2 Å². The first kappa shape index (κ1) is 27.8. The molecule has 0 bridgehead atoms. The number of rotatable bonds is 9. The molecule has 1 aliphatic heterocycles. The zero-order chi connectivity index (χ0) is 26.9. The van der Waals surface area contributed by atoms with Crippen LogP contribution < -0.4 is 0 Å². The van der Waals surface area contributed by atoms with Crippen molar-refractivity contribution in [3.8, 4) is 11.3 Å². The molecule has 1 fully saturated rings. The number of aliphatic hydroxyl groups is 3. The Balaban J connectivity index is 1.64. The molecule has 3 aromatic rings. The van der Waals surface area contributed by atoms with Crippen molar-refractivity contribution in [2.24, 2.45) is 0 Å². The molecule has 1 aromatic carbocycles. The van der Waals surface area contributed by atoms with Crippen LogP contribution in [0.1, 0.15) is 24.4 Å². The third kappa shape index (κ3) is 5.24. The summed E-state index contributed by atoms with van der Waals surface area (Å²) in [6, 6.07) is 3.19. The van der Waals surface area contributed by atoms with Gasteiger partial charge in [0.25, 0.3) is 0 Å². The van der Waals surface area contributed by atoms with E-state index in [1.54, 1.807) is 13.0 Å². The molecule has 6 atom stereocenters. The second kappa shape index (κ2) is 11.3. The molecule has 10 nitrogen and oxygen atoms in total. The number of nitrogens with zero attached hydrogens (tertiary/aromatic N) is 4. The fraction of sp³-hybridized carbons (Fsp3) is 0.522. The minimum absolute atomic E-state index is 0.00273. The Labute approximate surface area is 220 Å². The summed E-state index contributed by atoms with van der Waals surface area (Å²) in [6.07, 6.45) is -2.41. The lowest BCUT2D eigenvalue weighted by atomic mass is 9.88. The van der Waals surface area contributed by atoms with Crippen LogP contribution in [-0.2, 0) is 21.3 Å². The summed E-state index contributed by atoms with van der Waals surface area (Å²) in [5, 5.41) is 42.1. The van der Waals surface area contributed by atoms with Crippen molar-refractivity contribution in [2.45, 2.75) is 49.2 Å². The zero-order valence-corrected chi connectivity index (χ0v) is 21.4. The molecule has 14 heteroatoms. The lowest BCUT2D eigenvalue weighted by Crippen LogP contribution is -2.57. The van der Waals surface area contributed by atoms with Gasteiger partial charge in [-0.05, 0) is 12.1 Å². The predicted molar refractivity (Wildman–Crippen MR) is 127 cm³/mol. The highest BCUT2D eigenvalue weighted by molar-refractivity contribution is 6.30. The van der Waals surface area contributed by atoms with E-state index in [2.05, 4.69) is 15.5 Å². The number of halogens is 4. The molecule has 0 amide bonds. The summed E-state index contributed by atoms with van der Waals surface area (Å²) in [5.41, 5.74) is -0.516. The van der Waals surface area contributed by atoms with Crippen LogP contribution in [0.3, 0.4) is 0 Å². The van der Waals surface area contributed by atoms with Gasteiger partial charge in [0.15, 0.2) is 11.6 Å². The Morgan fingerprint density at radius 3 is 2.62 bits per heavy atom. The van der Waals surface area contributed by atoms with E-state index in [0.29, 0.717) is 11.5 Å². The molecule has 1 saturated heterocycles. The van der Waals surface area contributed by atoms with E-state index in [0.717, 1.165) is 0 Å². The van der Waals surface area contributed by atoms with Crippen LogP contribution in [0.5, 0.6) is 0 Å². The average molecular weight is 563 g/mol. The molecule has 3 N–H and O–H groups in total. The predicted octanol–water partition coefficient (Wildman–Crippen LogP) is 2.27. The second-order valence-electron chi connectivity index (χ2n) is 9.12. The fourth-order valence-corrected chi connectivity index (χ4v) is 4.65. The SMILES string of the molecule is CO[C@@H]1[C@@H](n2cc(-c3ccc(Cl)c(F)c3F)nn2)[C@@H](O)[C@@H](CO)O[C@@H]1Cc1cc(C(C)(CO)CCl)no1. The molecule has 2 aromatic heterocycles. The van der Waals surface area contributed by atoms with Crippen LogP contribution in [0, 0.1) is 11.6 Å². The molecular weight excluding hydrogens is 537 g/mol. The largest absolute Gasteiger partial charge is 0.395 e. The quantitative estimate of drug-likeness (QED) is 0.265. The summed E-state index contributed by atoms with van der Waals surface area (Å²) < 4.78 is 46.8. The number of aromatic nitrogens is 4. The van der Waals surface area contributed by atoms with Gasteiger partial charge >= 0.3 is 0 Å². The maximum Gasteiger partial charge on any atom is 0.178 e. The second-order valence-corrected chi connectivity index (χ2v) is 9.79. The zero-order valence-electron chi connectivity index (χ0n) is 19.9. The van der Waals surface area contributed by atoms with Gasteiger partial charge in [0.2, 0.25) is 0 Å². The van der Waals surface area contributed by atoms with E-state index >= 15 is 0 Å².